The number of carbonyl (C=O) groups is 1. The van der Waals surface area contributed by atoms with Gasteiger partial charge in [-0.25, -0.2) is 0 Å². The summed E-state index contributed by atoms with van der Waals surface area (Å²) in [5.41, 5.74) is 6.19. The fourth-order valence-corrected chi connectivity index (χ4v) is 3.61. The Kier molecular flexibility index (Phi) is 5.54. The molecule has 124 valence electrons. The molecule has 24 heavy (non-hydrogen) atoms. The lowest BCUT2D eigenvalue weighted by atomic mass is 10.0. The van der Waals surface area contributed by atoms with E-state index in [1.807, 2.05) is 48.2 Å². The predicted molar refractivity (Wildman–Crippen MR) is 103 cm³/mol. The standard InChI is InChI=1S/C19H21N3OS/c1-15(23)19(22-11-13-24-14-12-22)21-20-18-10-6-5-9-17(18)16-7-3-2-4-8-16/h2-10,20H,11-14H2,1H3. The van der Waals surface area contributed by atoms with Crippen molar-refractivity contribution in [3.63, 3.8) is 0 Å². The lowest BCUT2D eigenvalue weighted by molar-refractivity contribution is -0.111. The van der Waals surface area contributed by atoms with Gasteiger partial charge in [0.15, 0.2) is 11.6 Å². The van der Waals surface area contributed by atoms with E-state index in [1.165, 1.54) is 0 Å². The monoisotopic (exact) mass is 339 g/mol. The Balaban J connectivity index is 1.86. The highest BCUT2D eigenvalue weighted by molar-refractivity contribution is 7.99. The highest BCUT2D eigenvalue weighted by Crippen LogP contribution is 2.27. The summed E-state index contributed by atoms with van der Waals surface area (Å²) in [5, 5.41) is 4.44. The van der Waals surface area contributed by atoms with E-state index in [4.69, 9.17) is 0 Å². The maximum absolute atomic E-state index is 12.0. The summed E-state index contributed by atoms with van der Waals surface area (Å²) >= 11 is 1.91. The molecule has 0 spiro atoms. The molecule has 5 heteroatoms. The molecular weight excluding hydrogens is 318 g/mol. The minimum atomic E-state index is -0.00778. The number of benzene rings is 2. The molecule has 1 saturated heterocycles. The van der Waals surface area contributed by atoms with Crippen molar-refractivity contribution in [3.05, 3.63) is 54.6 Å². The van der Waals surface area contributed by atoms with E-state index < -0.39 is 0 Å². The average Bonchev–Trinajstić information content (AvgIpc) is 2.64. The predicted octanol–water partition coefficient (Wildman–Crippen LogP) is 3.72. The second kappa shape index (κ2) is 8.02. The Hall–Kier alpha value is -2.27. The Morgan fingerprint density at radius 1 is 1.04 bits per heavy atom. The average molecular weight is 339 g/mol. The second-order valence-electron chi connectivity index (χ2n) is 5.61. The SMILES string of the molecule is CC(=O)C(=NNc1ccccc1-c1ccccc1)N1CCSCC1. The molecule has 0 bridgehead atoms. The van der Waals surface area contributed by atoms with Gasteiger partial charge in [0.05, 0.1) is 5.69 Å². The van der Waals surface area contributed by atoms with Gasteiger partial charge in [-0.3, -0.25) is 10.2 Å². The van der Waals surface area contributed by atoms with Crippen molar-refractivity contribution in [1.29, 1.82) is 0 Å². The fraction of sp³-hybridized carbons (Fsp3) is 0.263. The molecule has 0 aliphatic carbocycles. The molecule has 1 aliphatic heterocycles. The van der Waals surface area contributed by atoms with Crippen LogP contribution >= 0.6 is 11.8 Å². The van der Waals surface area contributed by atoms with Crippen LogP contribution in [0.1, 0.15) is 6.92 Å². The third-order valence-electron chi connectivity index (χ3n) is 3.92. The normalized spacial score (nSPS) is 15.2. The number of carbonyl (C=O) groups excluding carboxylic acids is 1. The first-order valence-corrected chi connectivity index (χ1v) is 9.23. The van der Waals surface area contributed by atoms with Gasteiger partial charge >= 0.3 is 0 Å². The van der Waals surface area contributed by atoms with Gasteiger partial charge in [0, 0.05) is 37.1 Å². The van der Waals surface area contributed by atoms with Crippen LogP contribution in [0.25, 0.3) is 11.1 Å². The van der Waals surface area contributed by atoms with Gasteiger partial charge in [-0.05, 0) is 11.6 Å². The van der Waals surface area contributed by atoms with Crippen LogP contribution < -0.4 is 5.43 Å². The number of anilines is 1. The number of rotatable bonds is 4. The van der Waals surface area contributed by atoms with Crippen LogP contribution in [-0.2, 0) is 4.79 Å². The van der Waals surface area contributed by atoms with Crippen LogP contribution in [0.3, 0.4) is 0 Å². The molecule has 4 nitrogen and oxygen atoms in total. The van der Waals surface area contributed by atoms with Crippen LogP contribution in [-0.4, -0.2) is 41.1 Å². The van der Waals surface area contributed by atoms with E-state index in [1.54, 1.807) is 6.92 Å². The molecule has 2 aromatic carbocycles. The number of hydrazone groups is 1. The smallest absolute Gasteiger partial charge is 0.196 e. The van der Waals surface area contributed by atoms with Gasteiger partial charge in [-0.1, -0.05) is 48.5 Å². The number of amidine groups is 1. The van der Waals surface area contributed by atoms with E-state index in [0.717, 1.165) is 41.4 Å². The minimum Gasteiger partial charge on any atom is -0.351 e. The van der Waals surface area contributed by atoms with Gasteiger partial charge in [0.25, 0.3) is 0 Å². The molecule has 1 aliphatic rings. The first-order chi connectivity index (χ1) is 11.8. The van der Waals surface area contributed by atoms with Crippen molar-refractivity contribution in [2.24, 2.45) is 5.10 Å². The van der Waals surface area contributed by atoms with Crippen molar-refractivity contribution >= 4 is 29.1 Å². The Labute approximate surface area is 146 Å². The van der Waals surface area contributed by atoms with Gasteiger partial charge in [0.1, 0.15) is 0 Å². The summed E-state index contributed by atoms with van der Waals surface area (Å²) in [5.74, 6) is 2.57. The lowest BCUT2D eigenvalue weighted by Crippen LogP contribution is -2.41. The third kappa shape index (κ3) is 3.97. The highest BCUT2D eigenvalue weighted by Gasteiger charge is 2.19. The number of Topliss-reactive ketones (excluding diaryl/α,β-unsaturated/α-hetero) is 1. The zero-order valence-electron chi connectivity index (χ0n) is 13.7. The Morgan fingerprint density at radius 2 is 1.71 bits per heavy atom. The molecule has 0 saturated carbocycles. The zero-order valence-corrected chi connectivity index (χ0v) is 14.6. The van der Waals surface area contributed by atoms with E-state index in [0.29, 0.717) is 5.84 Å². The van der Waals surface area contributed by atoms with Crippen molar-refractivity contribution < 1.29 is 4.79 Å². The van der Waals surface area contributed by atoms with Crippen molar-refractivity contribution in [1.82, 2.24) is 4.90 Å². The zero-order chi connectivity index (χ0) is 16.8. The van der Waals surface area contributed by atoms with Gasteiger partial charge < -0.3 is 4.90 Å². The first-order valence-electron chi connectivity index (χ1n) is 8.07. The summed E-state index contributed by atoms with van der Waals surface area (Å²) < 4.78 is 0. The van der Waals surface area contributed by atoms with E-state index in [2.05, 4.69) is 33.6 Å². The van der Waals surface area contributed by atoms with E-state index >= 15 is 0 Å². The second-order valence-corrected chi connectivity index (χ2v) is 6.84. The summed E-state index contributed by atoms with van der Waals surface area (Å²) in [6, 6.07) is 18.2. The number of hydrogen-bond acceptors (Lipinski definition) is 4. The summed E-state index contributed by atoms with van der Waals surface area (Å²) in [4.78, 5) is 14.1. The minimum absolute atomic E-state index is 0.00778. The summed E-state index contributed by atoms with van der Waals surface area (Å²) in [6.45, 7) is 3.31. The summed E-state index contributed by atoms with van der Waals surface area (Å²) in [7, 11) is 0. The van der Waals surface area contributed by atoms with E-state index in [-0.39, 0.29) is 5.78 Å². The molecule has 0 unspecified atom stereocenters. The van der Waals surface area contributed by atoms with Gasteiger partial charge in [-0.15, -0.1) is 0 Å². The van der Waals surface area contributed by atoms with Crippen LogP contribution in [0.4, 0.5) is 5.69 Å². The number of nitrogens with one attached hydrogen (secondary N) is 1. The van der Waals surface area contributed by atoms with Crippen LogP contribution in [0.15, 0.2) is 59.7 Å². The maximum Gasteiger partial charge on any atom is 0.196 e. The molecule has 3 rings (SSSR count). The summed E-state index contributed by atoms with van der Waals surface area (Å²) in [6.07, 6.45) is 0. The van der Waals surface area contributed by atoms with E-state index in [9.17, 15) is 4.79 Å². The van der Waals surface area contributed by atoms with Gasteiger partial charge in [-0.2, -0.15) is 16.9 Å². The van der Waals surface area contributed by atoms with Crippen LogP contribution in [0.5, 0.6) is 0 Å². The molecule has 2 aromatic rings. The maximum atomic E-state index is 12.0. The lowest BCUT2D eigenvalue weighted by Gasteiger charge is -2.28. The number of hydrogen-bond donors (Lipinski definition) is 1. The number of para-hydroxylation sites is 1. The van der Waals surface area contributed by atoms with Crippen LogP contribution in [0, 0.1) is 0 Å². The number of thioether (sulfide) groups is 1. The van der Waals surface area contributed by atoms with Gasteiger partial charge in [0.2, 0.25) is 0 Å². The molecule has 0 radical (unpaired) electrons. The third-order valence-corrected chi connectivity index (χ3v) is 4.86. The van der Waals surface area contributed by atoms with Crippen molar-refractivity contribution in [3.8, 4) is 11.1 Å². The number of ketones is 1. The molecule has 1 fully saturated rings. The molecule has 0 amide bonds. The Bertz CT molecular complexity index is 724. The van der Waals surface area contributed by atoms with Crippen LogP contribution in [0.2, 0.25) is 0 Å². The molecule has 0 atom stereocenters. The topological polar surface area (TPSA) is 44.7 Å². The number of nitrogens with zero attached hydrogens (tertiary/aromatic N) is 2. The highest BCUT2D eigenvalue weighted by atomic mass is 32.2. The van der Waals surface area contributed by atoms with Crippen molar-refractivity contribution in [2.75, 3.05) is 30.0 Å². The quantitative estimate of drug-likeness (QED) is 0.524. The molecule has 1 heterocycles. The Morgan fingerprint density at radius 3 is 2.42 bits per heavy atom. The first kappa shape index (κ1) is 16.6. The molecular formula is C19H21N3OS. The largest absolute Gasteiger partial charge is 0.351 e. The molecule has 1 N–H and O–H groups in total. The fourth-order valence-electron chi connectivity index (χ4n) is 2.71. The molecule has 0 aromatic heterocycles. The van der Waals surface area contributed by atoms with Crippen molar-refractivity contribution in [2.45, 2.75) is 6.92 Å².